The van der Waals surface area contributed by atoms with E-state index in [1.165, 1.54) is 23.1 Å². The van der Waals surface area contributed by atoms with Crippen molar-refractivity contribution in [1.82, 2.24) is 15.0 Å². The molecular weight excluding hydrogens is 420 g/mol. The number of rotatable bonds is 7. The van der Waals surface area contributed by atoms with Crippen LogP contribution in [0.25, 0.3) is 22.3 Å². The quantitative estimate of drug-likeness (QED) is 0.404. The van der Waals surface area contributed by atoms with Crippen LogP contribution < -0.4 is 14.8 Å². The Morgan fingerprint density at radius 1 is 1.17 bits per heavy atom. The smallest absolute Gasteiger partial charge is 0.236 e. The first kappa shape index (κ1) is 20.2. The highest BCUT2D eigenvalue weighted by Gasteiger charge is 2.14. The number of anilines is 1. The molecule has 9 heteroatoms. The number of benzene rings is 2. The molecule has 4 aromatic rings. The molecule has 4 rings (SSSR count). The third kappa shape index (κ3) is 4.42. The number of carbonyl (C=O) groups excluding carboxylic acids is 1. The molecule has 2 heterocycles. The molecule has 0 fully saturated rings. The van der Waals surface area contributed by atoms with Crippen molar-refractivity contribution in [3.8, 4) is 22.8 Å². The number of ether oxygens (including phenoxy) is 2. The minimum atomic E-state index is -0.143. The Balaban J connectivity index is 1.41. The van der Waals surface area contributed by atoms with Crippen LogP contribution in [0.1, 0.15) is 5.56 Å². The van der Waals surface area contributed by atoms with Gasteiger partial charge in [-0.2, -0.15) is 0 Å². The lowest BCUT2D eigenvalue weighted by molar-refractivity contribution is -0.113. The molecule has 0 saturated carbocycles. The van der Waals surface area contributed by atoms with Crippen LogP contribution in [0.3, 0.4) is 0 Å². The summed E-state index contributed by atoms with van der Waals surface area (Å²) in [5, 5.41) is 5.96. The number of carbonyl (C=O) groups is 1. The number of aromatic nitrogens is 3. The number of fused-ring (bicyclic) bond motifs is 1. The van der Waals surface area contributed by atoms with Gasteiger partial charge in [-0.25, -0.2) is 9.97 Å². The van der Waals surface area contributed by atoms with Gasteiger partial charge in [0.15, 0.2) is 10.3 Å². The van der Waals surface area contributed by atoms with Crippen LogP contribution in [0.5, 0.6) is 11.5 Å². The molecule has 0 aliphatic heterocycles. The number of hydrogen-bond donors (Lipinski definition) is 2. The first-order chi connectivity index (χ1) is 14.6. The van der Waals surface area contributed by atoms with Crippen LogP contribution in [-0.2, 0) is 4.79 Å². The van der Waals surface area contributed by atoms with Crippen molar-refractivity contribution in [3.63, 3.8) is 0 Å². The number of hydrogen-bond acceptors (Lipinski definition) is 7. The lowest BCUT2D eigenvalue weighted by Crippen LogP contribution is -2.13. The molecule has 0 bridgehead atoms. The summed E-state index contributed by atoms with van der Waals surface area (Å²) >= 11 is 2.72. The van der Waals surface area contributed by atoms with Gasteiger partial charge in [-0.15, -0.1) is 11.3 Å². The molecule has 0 aliphatic carbocycles. The molecule has 0 radical (unpaired) electrons. The summed E-state index contributed by atoms with van der Waals surface area (Å²) in [6.45, 7) is 2.03. The summed E-state index contributed by atoms with van der Waals surface area (Å²) in [4.78, 5) is 24.6. The summed E-state index contributed by atoms with van der Waals surface area (Å²) in [6.07, 6.45) is 0. The Labute approximate surface area is 181 Å². The Hall–Kier alpha value is -3.04. The molecule has 0 atom stereocenters. The first-order valence-corrected chi connectivity index (χ1v) is 11.0. The van der Waals surface area contributed by atoms with Crippen molar-refractivity contribution < 1.29 is 14.3 Å². The first-order valence-electron chi connectivity index (χ1n) is 9.12. The number of aromatic amines is 1. The van der Waals surface area contributed by atoms with Crippen LogP contribution in [0.4, 0.5) is 5.13 Å². The minimum Gasteiger partial charge on any atom is -0.497 e. The molecule has 7 nitrogen and oxygen atoms in total. The van der Waals surface area contributed by atoms with E-state index < -0.39 is 0 Å². The van der Waals surface area contributed by atoms with E-state index in [0.29, 0.717) is 27.5 Å². The van der Waals surface area contributed by atoms with Crippen molar-refractivity contribution in [1.29, 1.82) is 0 Å². The van der Waals surface area contributed by atoms with E-state index in [0.717, 1.165) is 22.2 Å². The zero-order chi connectivity index (χ0) is 21.1. The minimum absolute atomic E-state index is 0.143. The maximum Gasteiger partial charge on any atom is 0.236 e. The highest BCUT2D eigenvalue weighted by molar-refractivity contribution is 7.99. The number of nitrogens with zero attached hydrogens (tertiary/aromatic N) is 2. The van der Waals surface area contributed by atoms with Crippen LogP contribution in [0.2, 0.25) is 0 Å². The Morgan fingerprint density at radius 3 is 2.83 bits per heavy atom. The molecule has 0 spiro atoms. The van der Waals surface area contributed by atoms with Crippen LogP contribution in [0, 0.1) is 6.92 Å². The number of thiazole rings is 1. The van der Waals surface area contributed by atoms with Crippen molar-refractivity contribution in [2.45, 2.75) is 12.1 Å². The van der Waals surface area contributed by atoms with Crippen LogP contribution >= 0.6 is 23.1 Å². The monoisotopic (exact) mass is 440 g/mol. The zero-order valence-corrected chi connectivity index (χ0v) is 18.3. The van der Waals surface area contributed by atoms with Gasteiger partial charge < -0.3 is 19.8 Å². The van der Waals surface area contributed by atoms with Crippen molar-refractivity contribution in [2.24, 2.45) is 0 Å². The standard InChI is InChI=1S/C21H20N4O3S2/c1-12-4-6-15-16(8-12)23-20(22-15)30-11-19(26)25-21-24-17(10-29-21)14-9-13(27-2)5-7-18(14)28-3/h4-10H,11H2,1-3H3,(H,22,23)(H,24,25,26). The van der Waals surface area contributed by atoms with Gasteiger partial charge in [0.25, 0.3) is 0 Å². The molecule has 0 aliphatic rings. The predicted octanol–water partition coefficient (Wildman–Crippen LogP) is 4.74. The van der Waals surface area contributed by atoms with E-state index >= 15 is 0 Å². The average Bonchev–Trinajstić information content (AvgIpc) is 3.38. The normalized spacial score (nSPS) is 10.9. The van der Waals surface area contributed by atoms with E-state index in [1.807, 2.05) is 48.7 Å². The summed E-state index contributed by atoms with van der Waals surface area (Å²) in [6, 6.07) is 11.5. The summed E-state index contributed by atoms with van der Waals surface area (Å²) in [7, 11) is 3.22. The predicted molar refractivity (Wildman–Crippen MR) is 121 cm³/mol. The second-order valence-electron chi connectivity index (χ2n) is 6.50. The maximum atomic E-state index is 12.4. The second kappa shape index (κ2) is 8.76. The fourth-order valence-corrected chi connectivity index (χ4v) is 4.34. The second-order valence-corrected chi connectivity index (χ2v) is 8.33. The molecule has 30 heavy (non-hydrogen) atoms. The SMILES string of the molecule is COc1ccc(OC)c(-c2csc(NC(=O)CSc3nc4ccc(C)cc4[nH]3)n2)c1. The third-order valence-corrected chi connectivity index (χ3v) is 6.02. The van der Waals surface area contributed by atoms with Gasteiger partial charge in [0, 0.05) is 10.9 Å². The molecule has 0 saturated heterocycles. The van der Waals surface area contributed by atoms with E-state index in [1.54, 1.807) is 14.2 Å². The largest absolute Gasteiger partial charge is 0.497 e. The summed E-state index contributed by atoms with van der Waals surface area (Å²) in [5.74, 6) is 1.49. The van der Waals surface area contributed by atoms with Gasteiger partial charge in [0.1, 0.15) is 11.5 Å². The fourth-order valence-electron chi connectivity index (χ4n) is 2.93. The molecular formula is C21H20N4O3S2. The average molecular weight is 441 g/mol. The van der Waals surface area contributed by atoms with Crippen molar-refractivity contribution in [2.75, 3.05) is 25.3 Å². The molecule has 1 amide bonds. The molecule has 2 aromatic carbocycles. The fraction of sp³-hybridized carbons (Fsp3) is 0.190. The van der Waals surface area contributed by atoms with Gasteiger partial charge in [0.05, 0.1) is 36.7 Å². The molecule has 2 aromatic heterocycles. The van der Waals surface area contributed by atoms with Crippen LogP contribution in [-0.4, -0.2) is 40.8 Å². The summed E-state index contributed by atoms with van der Waals surface area (Å²) in [5.41, 5.74) is 4.54. The van der Waals surface area contributed by atoms with Gasteiger partial charge in [-0.05, 0) is 42.8 Å². The van der Waals surface area contributed by atoms with Gasteiger partial charge in [-0.1, -0.05) is 17.8 Å². The zero-order valence-electron chi connectivity index (χ0n) is 16.7. The van der Waals surface area contributed by atoms with Gasteiger partial charge >= 0.3 is 0 Å². The Morgan fingerprint density at radius 2 is 2.03 bits per heavy atom. The number of imidazole rings is 1. The van der Waals surface area contributed by atoms with E-state index in [-0.39, 0.29) is 11.7 Å². The maximum absolute atomic E-state index is 12.4. The number of methoxy groups -OCH3 is 2. The number of nitrogens with one attached hydrogen (secondary N) is 2. The van der Waals surface area contributed by atoms with Crippen molar-refractivity contribution in [3.05, 3.63) is 47.3 Å². The Bertz CT molecular complexity index is 1200. The highest BCUT2D eigenvalue weighted by Crippen LogP contribution is 2.35. The number of H-pyrrole nitrogens is 1. The van der Waals surface area contributed by atoms with Crippen molar-refractivity contribution >= 4 is 45.2 Å². The van der Waals surface area contributed by atoms with E-state index in [4.69, 9.17) is 9.47 Å². The van der Waals surface area contributed by atoms with Gasteiger partial charge in [-0.3, -0.25) is 4.79 Å². The lowest BCUT2D eigenvalue weighted by atomic mass is 10.1. The number of amides is 1. The molecule has 2 N–H and O–H groups in total. The highest BCUT2D eigenvalue weighted by atomic mass is 32.2. The number of thioether (sulfide) groups is 1. The molecule has 154 valence electrons. The lowest BCUT2D eigenvalue weighted by Gasteiger charge is -2.08. The third-order valence-electron chi connectivity index (χ3n) is 4.39. The Kier molecular flexibility index (Phi) is 5.91. The van der Waals surface area contributed by atoms with Gasteiger partial charge in [0.2, 0.25) is 5.91 Å². The number of aryl methyl sites for hydroxylation is 1. The van der Waals surface area contributed by atoms with Crippen LogP contribution in [0.15, 0.2) is 46.9 Å². The van der Waals surface area contributed by atoms with E-state index in [2.05, 4.69) is 20.3 Å². The topological polar surface area (TPSA) is 89.1 Å². The summed E-state index contributed by atoms with van der Waals surface area (Å²) < 4.78 is 10.7. The van der Waals surface area contributed by atoms with E-state index in [9.17, 15) is 4.79 Å². The molecule has 0 unspecified atom stereocenters.